The Kier molecular flexibility index (Phi) is 4.09. The first-order valence-corrected chi connectivity index (χ1v) is 6.27. The zero-order valence-electron chi connectivity index (χ0n) is 11.2. The average Bonchev–Trinajstić information content (AvgIpc) is 2.45. The van der Waals surface area contributed by atoms with Crippen molar-refractivity contribution in [3.8, 4) is 6.07 Å². The van der Waals surface area contributed by atoms with E-state index in [1.807, 2.05) is 18.2 Å². The highest BCUT2D eigenvalue weighted by Gasteiger charge is 2.09. The summed E-state index contributed by atoms with van der Waals surface area (Å²) in [6.07, 6.45) is 0. The van der Waals surface area contributed by atoms with E-state index in [-0.39, 0.29) is 0 Å². The highest BCUT2D eigenvalue weighted by molar-refractivity contribution is 5.43. The van der Waals surface area contributed by atoms with Crippen LogP contribution in [0.2, 0.25) is 0 Å². The molecule has 96 valence electrons. The van der Waals surface area contributed by atoms with Gasteiger partial charge in [-0.2, -0.15) is 5.26 Å². The molecule has 0 aliphatic rings. The number of benzene rings is 1. The van der Waals surface area contributed by atoms with Crippen molar-refractivity contribution in [3.63, 3.8) is 0 Å². The van der Waals surface area contributed by atoms with Gasteiger partial charge in [-0.05, 0) is 19.4 Å². The van der Waals surface area contributed by atoms with E-state index in [1.165, 1.54) is 5.56 Å². The molecule has 0 saturated heterocycles. The van der Waals surface area contributed by atoms with Crippen molar-refractivity contribution >= 4 is 5.82 Å². The van der Waals surface area contributed by atoms with Gasteiger partial charge in [0, 0.05) is 19.2 Å². The lowest BCUT2D eigenvalue weighted by Crippen LogP contribution is -2.23. The molecule has 1 aromatic carbocycles. The Balaban J connectivity index is 2.27. The van der Waals surface area contributed by atoms with E-state index >= 15 is 0 Å². The van der Waals surface area contributed by atoms with Crippen LogP contribution in [0.25, 0.3) is 0 Å². The van der Waals surface area contributed by atoms with Crippen LogP contribution in [0, 0.1) is 18.3 Å². The van der Waals surface area contributed by atoms with E-state index in [0.717, 1.165) is 18.9 Å². The second kappa shape index (κ2) is 5.96. The molecule has 2 aromatic rings. The van der Waals surface area contributed by atoms with Crippen LogP contribution in [0.1, 0.15) is 24.0 Å². The minimum atomic E-state index is 0.411. The van der Waals surface area contributed by atoms with Crippen molar-refractivity contribution in [3.05, 3.63) is 53.5 Å². The van der Waals surface area contributed by atoms with Gasteiger partial charge < -0.3 is 4.90 Å². The molecule has 0 N–H and O–H groups in total. The second-order valence-electron chi connectivity index (χ2n) is 4.27. The molecule has 19 heavy (non-hydrogen) atoms. The van der Waals surface area contributed by atoms with E-state index in [9.17, 15) is 0 Å². The molecule has 0 amide bonds. The van der Waals surface area contributed by atoms with Crippen LogP contribution in [-0.4, -0.2) is 16.5 Å². The summed E-state index contributed by atoms with van der Waals surface area (Å²) in [5.74, 6) is 1.43. The van der Waals surface area contributed by atoms with Crippen molar-refractivity contribution in [2.24, 2.45) is 0 Å². The predicted octanol–water partition coefficient (Wildman–Crippen LogP) is 2.68. The topological polar surface area (TPSA) is 52.8 Å². The van der Waals surface area contributed by atoms with Crippen molar-refractivity contribution in [2.75, 3.05) is 11.4 Å². The number of rotatable bonds is 4. The van der Waals surface area contributed by atoms with E-state index < -0.39 is 0 Å². The fourth-order valence-corrected chi connectivity index (χ4v) is 1.93. The molecule has 0 aliphatic carbocycles. The molecule has 0 atom stereocenters. The summed E-state index contributed by atoms with van der Waals surface area (Å²) in [5.41, 5.74) is 1.63. The highest BCUT2D eigenvalue weighted by Crippen LogP contribution is 2.15. The minimum Gasteiger partial charge on any atom is -0.352 e. The first kappa shape index (κ1) is 13.0. The van der Waals surface area contributed by atoms with Crippen LogP contribution < -0.4 is 4.90 Å². The van der Waals surface area contributed by atoms with Crippen LogP contribution >= 0.6 is 0 Å². The molecule has 4 heteroatoms. The van der Waals surface area contributed by atoms with Crippen molar-refractivity contribution < 1.29 is 0 Å². The summed E-state index contributed by atoms with van der Waals surface area (Å²) >= 11 is 0. The zero-order valence-corrected chi connectivity index (χ0v) is 11.2. The molecule has 1 aromatic heterocycles. The van der Waals surface area contributed by atoms with Gasteiger partial charge in [0.1, 0.15) is 23.4 Å². The molecule has 4 nitrogen and oxygen atoms in total. The van der Waals surface area contributed by atoms with Gasteiger partial charge in [0.25, 0.3) is 0 Å². The van der Waals surface area contributed by atoms with E-state index in [2.05, 4.69) is 40.0 Å². The number of nitrogens with zero attached hydrogens (tertiary/aromatic N) is 4. The molecule has 0 unspecified atom stereocenters. The summed E-state index contributed by atoms with van der Waals surface area (Å²) in [7, 11) is 0. The van der Waals surface area contributed by atoms with Gasteiger partial charge in [0.15, 0.2) is 0 Å². The van der Waals surface area contributed by atoms with Gasteiger partial charge in [-0.15, -0.1) is 0 Å². The minimum absolute atomic E-state index is 0.411. The van der Waals surface area contributed by atoms with Gasteiger partial charge in [-0.3, -0.25) is 0 Å². The van der Waals surface area contributed by atoms with Gasteiger partial charge in [0.2, 0.25) is 0 Å². The number of hydrogen-bond acceptors (Lipinski definition) is 4. The molecule has 0 saturated carbocycles. The summed E-state index contributed by atoms with van der Waals surface area (Å²) in [4.78, 5) is 10.6. The molecule has 0 bridgehead atoms. The monoisotopic (exact) mass is 252 g/mol. The Hall–Kier alpha value is -2.41. The molecule has 0 fully saturated rings. The Bertz CT molecular complexity index is 587. The maximum Gasteiger partial charge on any atom is 0.146 e. The van der Waals surface area contributed by atoms with Crippen LogP contribution in [0.5, 0.6) is 0 Å². The maximum atomic E-state index is 8.97. The van der Waals surface area contributed by atoms with Crippen LogP contribution in [-0.2, 0) is 6.54 Å². The fourth-order valence-electron chi connectivity index (χ4n) is 1.93. The standard InChI is InChI=1S/C15H16N4/c1-3-19(11-13-7-5-4-6-8-13)15-9-14(10-16)17-12(2)18-15/h4-9H,3,11H2,1-2H3. The van der Waals surface area contributed by atoms with E-state index in [0.29, 0.717) is 11.5 Å². The third-order valence-corrected chi connectivity index (χ3v) is 2.86. The maximum absolute atomic E-state index is 8.97. The SMILES string of the molecule is CCN(Cc1ccccc1)c1cc(C#N)nc(C)n1. The van der Waals surface area contributed by atoms with Crippen LogP contribution in [0.4, 0.5) is 5.82 Å². The number of hydrogen-bond donors (Lipinski definition) is 0. The lowest BCUT2D eigenvalue weighted by atomic mass is 10.2. The molecular formula is C15H16N4. The van der Waals surface area contributed by atoms with Gasteiger partial charge in [0.05, 0.1) is 0 Å². The Labute approximate surface area is 113 Å². The van der Waals surface area contributed by atoms with Crippen LogP contribution in [0.3, 0.4) is 0 Å². The Morgan fingerprint density at radius 1 is 1.21 bits per heavy atom. The Morgan fingerprint density at radius 3 is 2.58 bits per heavy atom. The zero-order chi connectivity index (χ0) is 13.7. The number of anilines is 1. The smallest absolute Gasteiger partial charge is 0.146 e. The lowest BCUT2D eigenvalue weighted by Gasteiger charge is -2.22. The van der Waals surface area contributed by atoms with Crippen LogP contribution in [0.15, 0.2) is 36.4 Å². The summed E-state index contributed by atoms with van der Waals surface area (Å²) in [6.45, 7) is 5.49. The van der Waals surface area contributed by atoms with Gasteiger partial charge in [-0.25, -0.2) is 9.97 Å². The van der Waals surface area contributed by atoms with E-state index in [4.69, 9.17) is 5.26 Å². The van der Waals surface area contributed by atoms with Crippen molar-refractivity contribution in [1.29, 1.82) is 5.26 Å². The lowest BCUT2D eigenvalue weighted by molar-refractivity contribution is 0.803. The van der Waals surface area contributed by atoms with Crippen molar-refractivity contribution in [1.82, 2.24) is 9.97 Å². The predicted molar refractivity (Wildman–Crippen MR) is 74.7 cm³/mol. The first-order valence-electron chi connectivity index (χ1n) is 6.27. The Morgan fingerprint density at radius 2 is 1.95 bits per heavy atom. The number of aromatic nitrogens is 2. The molecule has 0 aliphatic heterocycles. The second-order valence-corrected chi connectivity index (χ2v) is 4.27. The molecular weight excluding hydrogens is 236 g/mol. The largest absolute Gasteiger partial charge is 0.352 e. The molecule has 0 radical (unpaired) electrons. The summed E-state index contributed by atoms with van der Waals surface area (Å²) < 4.78 is 0. The average molecular weight is 252 g/mol. The first-order chi connectivity index (χ1) is 9.22. The molecule has 0 spiro atoms. The fraction of sp³-hybridized carbons (Fsp3) is 0.267. The molecule has 1 heterocycles. The van der Waals surface area contributed by atoms with E-state index in [1.54, 1.807) is 13.0 Å². The van der Waals surface area contributed by atoms with Crippen molar-refractivity contribution in [2.45, 2.75) is 20.4 Å². The number of nitriles is 1. The van der Waals surface area contributed by atoms with Gasteiger partial charge in [-0.1, -0.05) is 30.3 Å². The van der Waals surface area contributed by atoms with Gasteiger partial charge >= 0.3 is 0 Å². The third-order valence-electron chi connectivity index (χ3n) is 2.86. The molecule has 2 rings (SSSR count). The third kappa shape index (κ3) is 3.29. The normalized spacial score (nSPS) is 9.95. The quantitative estimate of drug-likeness (QED) is 0.839. The summed E-state index contributed by atoms with van der Waals surface area (Å²) in [5, 5.41) is 8.97. The summed E-state index contributed by atoms with van der Waals surface area (Å²) in [6, 6.07) is 14.0. The number of aryl methyl sites for hydroxylation is 1. The highest BCUT2D eigenvalue weighted by atomic mass is 15.2.